The van der Waals surface area contributed by atoms with Crippen LogP contribution in [-0.2, 0) is 18.9 Å². The molecule has 0 heterocycles. The Hall–Kier alpha value is -0.240. The van der Waals surface area contributed by atoms with Crippen LogP contribution in [-0.4, -0.2) is 44.2 Å². The molecule has 0 aromatic carbocycles. The number of hydrogen-bond donors (Lipinski definition) is 2. The van der Waals surface area contributed by atoms with Crippen LogP contribution in [0.15, 0.2) is 0 Å². The summed E-state index contributed by atoms with van der Waals surface area (Å²) in [5.74, 6) is 0. The van der Waals surface area contributed by atoms with Gasteiger partial charge in [-0.15, -0.1) is 0 Å². The zero-order valence-corrected chi connectivity index (χ0v) is 6.06. The first kappa shape index (κ1) is 10.8. The van der Waals surface area contributed by atoms with Crippen LogP contribution in [0.2, 0.25) is 0 Å². The van der Waals surface area contributed by atoms with E-state index in [1.165, 1.54) is 0 Å². The van der Waals surface area contributed by atoms with Crippen molar-refractivity contribution in [3.63, 3.8) is 0 Å². The highest BCUT2D eigenvalue weighted by molar-refractivity contribution is 4.03. The van der Waals surface area contributed by atoms with Crippen LogP contribution in [0.5, 0.6) is 0 Å². The number of hydrogen-bond acceptors (Lipinski definition) is 6. The predicted molar refractivity (Wildman–Crippen MR) is 33.1 cm³/mol. The van der Waals surface area contributed by atoms with Crippen LogP contribution in [0.1, 0.15) is 0 Å². The molecule has 0 bridgehead atoms. The monoisotopic (exact) mass is 168 g/mol. The number of ether oxygens (including phenoxy) is 4. The first-order valence-corrected chi connectivity index (χ1v) is 2.94. The fourth-order valence-corrected chi connectivity index (χ4v) is 0.319. The second kappa shape index (κ2) is 9.76. The second-order valence-corrected chi connectivity index (χ2v) is 1.43. The Balaban J connectivity index is 2.69. The van der Waals surface area contributed by atoms with Crippen molar-refractivity contribution in [2.24, 2.45) is 0 Å². The van der Waals surface area contributed by atoms with Gasteiger partial charge in [-0.05, 0) is 0 Å². The molecule has 0 aliphatic heterocycles. The summed E-state index contributed by atoms with van der Waals surface area (Å²) in [6, 6.07) is 0. The summed E-state index contributed by atoms with van der Waals surface area (Å²) in [6.45, 7) is -0.828. The van der Waals surface area contributed by atoms with Crippen molar-refractivity contribution in [3.05, 3.63) is 0 Å². The summed E-state index contributed by atoms with van der Waals surface area (Å²) in [7, 11) is 0. The smallest absolute Gasteiger partial charge is 0.152 e. The highest BCUT2D eigenvalue weighted by Crippen LogP contribution is 1.80. The molecule has 0 saturated heterocycles. The summed E-state index contributed by atoms with van der Waals surface area (Å²) >= 11 is 0. The Morgan fingerprint density at radius 2 is 1.00 bits per heavy atom. The van der Waals surface area contributed by atoms with Crippen LogP contribution < -0.4 is 0 Å². The summed E-state index contributed by atoms with van der Waals surface area (Å²) in [6.07, 6.45) is 0. The van der Waals surface area contributed by atoms with Crippen molar-refractivity contribution >= 4 is 0 Å². The van der Waals surface area contributed by atoms with Crippen molar-refractivity contribution in [2.75, 3.05) is 34.0 Å². The van der Waals surface area contributed by atoms with Gasteiger partial charge in [0.1, 0.15) is 13.6 Å². The lowest BCUT2D eigenvalue weighted by atomic mass is 11.2. The first-order chi connectivity index (χ1) is 5.41. The molecule has 0 saturated carbocycles. The van der Waals surface area contributed by atoms with Gasteiger partial charge in [-0.2, -0.15) is 0 Å². The van der Waals surface area contributed by atoms with Crippen molar-refractivity contribution in [1.82, 2.24) is 0 Å². The predicted octanol–water partition coefficient (Wildman–Crippen LogP) is -1.18. The maximum absolute atomic E-state index is 8.11. The molecule has 0 aromatic rings. The zero-order valence-electron chi connectivity index (χ0n) is 6.06. The molecule has 0 unspecified atom stereocenters. The summed E-state index contributed by atoms with van der Waals surface area (Å²) in [5.41, 5.74) is 0. The molecule has 0 atom stereocenters. The van der Waals surface area contributed by atoms with Gasteiger partial charge in [0, 0.05) is 0 Å². The highest BCUT2D eigenvalue weighted by atomic mass is 16.8. The summed E-state index contributed by atoms with van der Waals surface area (Å²) < 4.78 is 18.1. The quantitative estimate of drug-likeness (QED) is 0.351. The Morgan fingerprint density at radius 3 is 1.36 bits per heavy atom. The van der Waals surface area contributed by atoms with E-state index in [1.807, 2.05) is 0 Å². The largest absolute Gasteiger partial charge is 0.371 e. The van der Waals surface area contributed by atoms with E-state index < -0.39 is 0 Å². The van der Waals surface area contributed by atoms with Gasteiger partial charge in [0.05, 0.1) is 0 Å². The summed E-state index contributed by atoms with van der Waals surface area (Å²) in [4.78, 5) is 0. The van der Waals surface area contributed by atoms with Gasteiger partial charge >= 0.3 is 0 Å². The molecule has 6 nitrogen and oxygen atoms in total. The van der Waals surface area contributed by atoms with E-state index in [4.69, 9.17) is 10.2 Å². The van der Waals surface area contributed by atoms with E-state index >= 15 is 0 Å². The lowest BCUT2D eigenvalue weighted by Crippen LogP contribution is -2.07. The molecule has 0 spiro atoms. The topological polar surface area (TPSA) is 77.4 Å². The fourth-order valence-electron chi connectivity index (χ4n) is 0.319. The van der Waals surface area contributed by atoms with Crippen molar-refractivity contribution in [1.29, 1.82) is 0 Å². The van der Waals surface area contributed by atoms with E-state index in [9.17, 15) is 0 Å². The third-order valence-corrected chi connectivity index (χ3v) is 0.683. The minimum Gasteiger partial charge on any atom is -0.371 e. The maximum Gasteiger partial charge on any atom is 0.152 e. The van der Waals surface area contributed by atoms with E-state index in [0.717, 1.165) is 0 Å². The normalized spacial score (nSPS) is 10.4. The van der Waals surface area contributed by atoms with E-state index in [-0.39, 0.29) is 34.0 Å². The van der Waals surface area contributed by atoms with Gasteiger partial charge in [0.15, 0.2) is 20.4 Å². The molecule has 68 valence electrons. The van der Waals surface area contributed by atoms with Crippen LogP contribution in [0.3, 0.4) is 0 Å². The summed E-state index contributed by atoms with van der Waals surface area (Å²) in [5, 5.41) is 16.2. The molecular formula is C5H12O6. The van der Waals surface area contributed by atoms with Crippen LogP contribution >= 0.6 is 0 Å². The minimum absolute atomic E-state index is 0. The lowest BCUT2D eigenvalue weighted by Gasteiger charge is -2.04. The number of aliphatic hydroxyl groups excluding tert-OH is 2. The lowest BCUT2D eigenvalue weighted by molar-refractivity contribution is -0.195. The van der Waals surface area contributed by atoms with Gasteiger partial charge in [-0.3, -0.25) is 0 Å². The molecular weight excluding hydrogens is 156 g/mol. The third kappa shape index (κ3) is 9.76. The molecule has 0 rings (SSSR count). The zero-order chi connectivity index (χ0) is 8.36. The molecule has 0 fully saturated rings. The minimum atomic E-state index is -0.382. The Kier molecular flexibility index (Phi) is 9.55. The average Bonchev–Trinajstić information content (AvgIpc) is 2.03. The Morgan fingerprint density at radius 1 is 0.636 bits per heavy atom. The molecule has 6 heteroatoms. The molecule has 0 aliphatic rings. The Bertz CT molecular complexity index is 60.0. The van der Waals surface area contributed by atoms with E-state index in [2.05, 4.69) is 18.9 Å². The van der Waals surface area contributed by atoms with Crippen LogP contribution in [0, 0.1) is 0 Å². The molecule has 0 aromatic heterocycles. The van der Waals surface area contributed by atoms with Crippen LogP contribution in [0.25, 0.3) is 0 Å². The number of rotatable bonds is 8. The van der Waals surface area contributed by atoms with Gasteiger partial charge in [-0.1, -0.05) is 0 Å². The van der Waals surface area contributed by atoms with Crippen LogP contribution in [0.4, 0.5) is 0 Å². The number of aliphatic hydroxyl groups is 2. The first-order valence-electron chi connectivity index (χ1n) is 2.94. The standard InChI is InChI=1S/C5H12O6/c6-1-8-3-10-5-11-4-9-2-7/h6-7H,1-5H2. The third-order valence-electron chi connectivity index (χ3n) is 0.683. The molecule has 0 amide bonds. The van der Waals surface area contributed by atoms with Gasteiger partial charge < -0.3 is 29.2 Å². The Labute approximate surface area is 64.2 Å². The molecule has 0 radical (unpaired) electrons. The molecule has 0 aliphatic carbocycles. The van der Waals surface area contributed by atoms with Gasteiger partial charge in [0.25, 0.3) is 0 Å². The van der Waals surface area contributed by atoms with Crippen molar-refractivity contribution < 1.29 is 29.2 Å². The maximum atomic E-state index is 8.11. The molecule has 11 heavy (non-hydrogen) atoms. The highest BCUT2D eigenvalue weighted by Gasteiger charge is 1.86. The van der Waals surface area contributed by atoms with E-state index in [0.29, 0.717) is 0 Å². The van der Waals surface area contributed by atoms with Gasteiger partial charge in [-0.25, -0.2) is 0 Å². The molecule has 2 N–H and O–H groups in total. The van der Waals surface area contributed by atoms with Crippen molar-refractivity contribution in [3.8, 4) is 0 Å². The van der Waals surface area contributed by atoms with Gasteiger partial charge in [0.2, 0.25) is 0 Å². The second-order valence-electron chi connectivity index (χ2n) is 1.43. The average molecular weight is 168 g/mol. The van der Waals surface area contributed by atoms with Crippen molar-refractivity contribution in [2.45, 2.75) is 0 Å². The van der Waals surface area contributed by atoms with E-state index in [1.54, 1.807) is 0 Å². The SMILES string of the molecule is OCOCOCOCOCO. The fraction of sp³-hybridized carbons (Fsp3) is 1.00.